The van der Waals surface area contributed by atoms with Crippen molar-refractivity contribution < 1.29 is 4.79 Å². The molecule has 138 valence electrons. The van der Waals surface area contributed by atoms with Gasteiger partial charge in [-0.2, -0.15) is 0 Å². The first-order chi connectivity index (χ1) is 12.0. The van der Waals surface area contributed by atoms with Crippen molar-refractivity contribution in [2.75, 3.05) is 69.2 Å². The Balaban J connectivity index is 1.53. The van der Waals surface area contributed by atoms with E-state index in [1.807, 2.05) is 18.7 Å². The number of carbonyl (C=O) groups is 1. The van der Waals surface area contributed by atoms with Crippen molar-refractivity contribution in [2.24, 2.45) is 0 Å². The highest BCUT2D eigenvalue weighted by atomic mass is 16.2. The first-order valence-corrected chi connectivity index (χ1v) is 9.37. The van der Waals surface area contributed by atoms with E-state index in [2.05, 4.69) is 51.3 Å². The van der Waals surface area contributed by atoms with Crippen LogP contribution in [0.2, 0.25) is 0 Å². The fourth-order valence-corrected chi connectivity index (χ4v) is 3.44. The highest BCUT2D eigenvalue weighted by molar-refractivity contribution is 5.74. The lowest BCUT2D eigenvalue weighted by atomic mass is 10.2. The van der Waals surface area contributed by atoms with Gasteiger partial charge in [0.05, 0.1) is 0 Å². The molecule has 25 heavy (non-hydrogen) atoms. The van der Waals surface area contributed by atoms with Gasteiger partial charge in [0.2, 0.25) is 0 Å². The Hall–Kier alpha value is -1.95. The maximum atomic E-state index is 12.1. The summed E-state index contributed by atoms with van der Waals surface area (Å²) in [5, 5.41) is 2.97. The molecule has 2 heterocycles. The number of benzene rings is 1. The molecule has 2 aliphatic heterocycles. The number of hydrogen-bond donors (Lipinski definition) is 1. The highest BCUT2D eigenvalue weighted by Crippen LogP contribution is 2.22. The Bertz CT molecular complexity index is 558. The van der Waals surface area contributed by atoms with Gasteiger partial charge in [0.1, 0.15) is 0 Å². The molecule has 0 spiro atoms. The Morgan fingerprint density at radius 2 is 1.28 bits per heavy atom. The molecule has 1 aromatic rings. The molecule has 2 amide bonds. The largest absolute Gasteiger partial charge is 0.369 e. The van der Waals surface area contributed by atoms with Crippen LogP contribution in [0, 0.1) is 0 Å². The number of urea groups is 1. The SMILES string of the molecule is CC(C)NC(=O)N1CCN(c2ccc(N3CCN(C)CC3)cc2)CC1. The molecule has 3 rings (SSSR count). The van der Waals surface area contributed by atoms with Crippen LogP contribution in [0.4, 0.5) is 16.2 Å². The van der Waals surface area contributed by atoms with Crippen molar-refractivity contribution in [3.63, 3.8) is 0 Å². The summed E-state index contributed by atoms with van der Waals surface area (Å²) >= 11 is 0. The van der Waals surface area contributed by atoms with Crippen molar-refractivity contribution in [3.05, 3.63) is 24.3 Å². The van der Waals surface area contributed by atoms with Crippen LogP contribution in [0.25, 0.3) is 0 Å². The summed E-state index contributed by atoms with van der Waals surface area (Å²) < 4.78 is 0. The molecule has 2 aliphatic rings. The van der Waals surface area contributed by atoms with Crippen LogP contribution in [0.5, 0.6) is 0 Å². The minimum Gasteiger partial charge on any atom is -0.369 e. The van der Waals surface area contributed by atoms with Gasteiger partial charge in [0.25, 0.3) is 0 Å². The fourth-order valence-electron chi connectivity index (χ4n) is 3.44. The summed E-state index contributed by atoms with van der Waals surface area (Å²) in [5.41, 5.74) is 2.56. The normalized spacial score (nSPS) is 19.4. The highest BCUT2D eigenvalue weighted by Gasteiger charge is 2.22. The van der Waals surface area contributed by atoms with Crippen LogP contribution >= 0.6 is 0 Å². The number of hydrogen-bond acceptors (Lipinski definition) is 4. The molecular weight excluding hydrogens is 314 g/mol. The quantitative estimate of drug-likeness (QED) is 0.905. The van der Waals surface area contributed by atoms with E-state index in [0.29, 0.717) is 0 Å². The third-order valence-corrected chi connectivity index (χ3v) is 5.06. The van der Waals surface area contributed by atoms with Crippen molar-refractivity contribution in [3.8, 4) is 0 Å². The molecule has 0 aliphatic carbocycles. The Morgan fingerprint density at radius 1 is 0.840 bits per heavy atom. The van der Waals surface area contributed by atoms with E-state index >= 15 is 0 Å². The number of nitrogens with one attached hydrogen (secondary N) is 1. The zero-order valence-electron chi connectivity index (χ0n) is 15.7. The van der Waals surface area contributed by atoms with Crippen LogP contribution in [0.15, 0.2) is 24.3 Å². The summed E-state index contributed by atoms with van der Waals surface area (Å²) in [7, 11) is 2.18. The van der Waals surface area contributed by atoms with Gasteiger partial charge >= 0.3 is 6.03 Å². The molecule has 0 saturated carbocycles. The van der Waals surface area contributed by atoms with Crippen LogP contribution in [-0.4, -0.2) is 81.3 Å². The van der Waals surface area contributed by atoms with Crippen molar-refractivity contribution in [1.29, 1.82) is 0 Å². The van der Waals surface area contributed by atoms with Gasteiger partial charge in [-0.3, -0.25) is 0 Å². The van der Waals surface area contributed by atoms with E-state index in [4.69, 9.17) is 0 Å². The second-order valence-corrected chi connectivity index (χ2v) is 7.39. The second-order valence-electron chi connectivity index (χ2n) is 7.39. The molecule has 0 bridgehead atoms. The second kappa shape index (κ2) is 7.95. The summed E-state index contributed by atoms with van der Waals surface area (Å²) in [6, 6.07) is 9.15. The van der Waals surface area contributed by atoms with E-state index < -0.39 is 0 Å². The van der Waals surface area contributed by atoms with Crippen LogP contribution in [0.1, 0.15) is 13.8 Å². The van der Waals surface area contributed by atoms with Gasteiger partial charge in [-0.05, 0) is 45.2 Å². The molecule has 2 fully saturated rings. The number of carbonyl (C=O) groups excluding carboxylic acids is 1. The van der Waals surface area contributed by atoms with E-state index in [1.54, 1.807) is 0 Å². The Morgan fingerprint density at radius 3 is 1.72 bits per heavy atom. The van der Waals surface area contributed by atoms with Gasteiger partial charge in [0, 0.05) is 69.8 Å². The molecule has 2 saturated heterocycles. The van der Waals surface area contributed by atoms with Crippen molar-refractivity contribution in [1.82, 2.24) is 15.1 Å². The lowest BCUT2D eigenvalue weighted by Crippen LogP contribution is -2.52. The molecule has 1 aromatic carbocycles. The maximum Gasteiger partial charge on any atom is 0.317 e. The molecule has 1 N–H and O–H groups in total. The standard InChI is InChI=1S/C19H31N5O/c1-16(2)20-19(25)24-14-12-23(13-15-24)18-6-4-17(5-7-18)22-10-8-21(3)9-11-22/h4-7,16H,8-15H2,1-3H3,(H,20,25). The van der Waals surface area contributed by atoms with E-state index in [0.717, 1.165) is 52.4 Å². The summed E-state index contributed by atoms with van der Waals surface area (Å²) in [4.78, 5) is 21.2. The van der Waals surface area contributed by atoms with Crippen molar-refractivity contribution in [2.45, 2.75) is 19.9 Å². The molecule has 0 unspecified atom stereocenters. The van der Waals surface area contributed by atoms with E-state index in [-0.39, 0.29) is 12.1 Å². The van der Waals surface area contributed by atoms with Crippen LogP contribution in [0.3, 0.4) is 0 Å². The van der Waals surface area contributed by atoms with Crippen LogP contribution < -0.4 is 15.1 Å². The lowest BCUT2D eigenvalue weighted by molar-refractivity contribution is 0.192. The van der Waals surface area contributed by atoms with E-state index in [9.17, 15) is 4.79 Å². The maximum absolute atomic E-state index is 12.1. The summed E-state index contributed by atoms with van der Waals surface area (Å²) in [6.45, 7) is 11.8. The molecule has 0 atom stereocenters. The Labute approximate surface area is 151 Å². The molecule has 6 heteroatoms. The number of likely N-dealkylation sites (N-methyl/N-ethyl adjacent to an activating group) is 1. The van der Waals surface area contributed by atoms with Gasteiger partial charge < -0.3 is 24.9 Å². The third-order valence-electron chi connectivity index (χ3n) is 5.06. The summed E-state index contributed by atoms with van der Waals surface area (Å²) in [6.07, 6.45) is 0. The minimum absolute atomic E-state index is 0.0556. The molecular formula is C19H31N5O. The average molecular weight is 345 g/mol. The predicted molar refractivity (Wildman–Crippen MR) is 104 cm³/mol. The van der Waals surface area contributed by atoms with Crippen molar-refractivity contribution >= 4 is 17.4 Å². The third kappa shape index (κ3) is 4.57. The van der Waals surface area contributed by atoms with Gasteiger partial charge in [0.15, 0.2) is 0 Å². The van der Waals surface area contributed by atoms with Gasteiger partial charge in [-0.15, -0.1) is 0 Å². The fraction of sp³-hybridized carbons (Fsp3) is 0.632. The first kappa shape index (κ1) is 17.9. The topological polar surface area (TPSA) is 42.1 Å². The molecule has 6 nitrogen and oxygen atoms in total. The van der Waals surface area contributed by atoms with Gasteiger partial charge in [-0.1, -0.05) is 0 Å². The first-order valence-electron chi connectivity index (χ1n) is 9.37. The van der Waals surface area contributed by atoms with Crippen LogP contribution in [-0.2, 0) is 0 Å². The monoisotopic (exact) mass is 345 g/mol. The van der Waals surface area contributed by atoms with Gasteiger partial charge in [-0.25, -0.2) is 4.79 Å². The van der Waals surface area contributed by atoms with E-state index in [1.165, 1.54) is 11.4 Å². The number of nitrogens with zero attached hydrogens (tertiary/aromatic N) is 4. The molecule has 0 radical (unpaired) electrons. The number of rotatable bonds is 3. The minimum atomic E-state index is 0.0556. The number of piperazine rings is 2. The Kier molecular flexibility index (Phi) is 5.68. The zero-order valence-corrected chi connectivity index (χ0v) is 15.7. The zero-order chi connectivity index (χ0) is 17.8. The smallest absolute Gasteiger partial charge is 0.317 e. The summed E-state index contributed by atoms with van der Waals surface area (Å²) in [5.74, 6) is 0. The molecule has 0 aromatic heterocycles. The lowest BCUT2D eigenvalue weighted by Gasteiger charge is -2.37. The number of anilines is 2. The number of amides is 2. The average Bonchev–Trinajstić information content (AvgIpc) is 2.62. The predicted octanol–water partition coefficient (Wildman–Crippen LogP) is 1.68.